The van der Waals surface area contributed by atoms with Gasteiger partial charge in [-0.25, -0.2) is 0 Å². The molecule has 6 aliphatic rings. The van der Waals surface area contributed by atoms with Crippen molar-refractivity contribution >= 4 is 0 Å². The molecule has 6 rings (SSSR count). The number of hydrogen-bond donors (Lipinski definition) is 0. The van der Waals surface area contributed by atoms with Crippen LogP contribution < -0.4 is 0 Å². The highest BCUT2D eigenvalue weighted by Crippen LogP contribution is 2.39. The normalized spacial score (nSPS) is 29.1. The number of rotatable bonds is 0. The molecule has 6 aliphatic carbocycles. The van der Waals surface area contributed by atoms with Crippen molar-refractivity contribution in [2.24, 2.45) is 68.0 Å². The van der Waals surface area contributed by atoms with E-state index >= 15 is 0 Å². The Hall–Kier alpha value is -1.56. The first-order valence-corrected chi connectivity index (χ1v) is 31.6. The van der Waals surface area contributed by atoms with E-state index < -0.39 is 0 Å². The van der Waals surface area contributed by atoms with E-state index in [1.165, 1.54) is 193 Å². The molecule has 0 nitrogen and oxygen atoms in total. The van der Waals surface area contributed by atoms with Crippen LogP contribution in [0.15, 0.2) is 72.9 Å². The molecule has 0 heteroatoms. The Balaban J connectivity index is 0.000000432. The summed E-state index contributed by atoms with van der Waals surface area (Å²) in [6, 6.07) is 0. The topological polar surface area (TPSA) is 0 Å². The highest BCUT2D eigenvalue weighted by atomic mass is 14.3. The molecule has 6 unspecified atom stereocenters. The van der Waals surface area contributed by atoms with Crippen molar-refractivity contribution in [3.63, 3.8) is 0 Å². The zero-order chi connectivity index (χ0) is 54.2. The second-order valence-corrected chi connectivity index (χ2v) is 30.3. The van der Waals surface area contributed by atoms with Gasteiger partial charge in [-0.2, -0.15) is 0 Å². The first-order valence-electron chi connectivity index (χ1n) is 31.6. The van der Waals surface area contributed by atoms with E-state index in [0.29, 0.717) is 32.5 Å². The van der Waals surface area contributed by atoms with Crippen LogP contribution >= 0.6 is 0 Å². The molecule has 0 amide bonds. The third-order valence-electron chi connectivity index (χ3n) is 17.7. The fourth-order valence-electron chi connectivity index (χ4n) is 11.7. The molecule has 0 bridgehead atoms. The van der Waals surface area contributed by atoms with Gasteiger partial charge in [0.15, 0.2) is 0 Å². The summed E-state index contributed by atoms with van der Waals surface area (Å²) in [5.41, 5.74) is 2.97. The van der Waals surface area contributed by atoms with Crippen LogP contribution in [0.25, 0.3) is 0 Å². The average molecular weight is 998 g/mol. The van der Waals surface area contributed by atoms with Crippen LogP contribution in [-0.4, -0.2) is 0 Å². The van der Waals surface area contributed by atoms with E-state index in [0.717, 1.165) is 35.5 Å². The molecule has 72 heavy (non-hydrogen) atoms. The van der Waals surface area contributed by atoms with Crippen LogP contribution in [0, 0.1) is 68.0 Å². The maximum atomic E-state index is 2.44. The summed E-state index contributed by atoms with van der Waals surface area (Å²) in [5, 5.41) is 0. The summed E-state index contributed by atoms with van der Waals surface area (Å²) in [4.78, 5) is 0. The van der Waals surface area contributed by atoms with Crippen molar-refractivity contribution in [2.45, 2.75) is 317 Å². The van der Waals surface area contributed by atoms with Crippen LogP contribution in [0.4, 0.5) is 0 Å². The van der Waals surface area contributed by atoms with Gasteiger partial charge in [0, 0.05) is 0 Å². The highest BCUT2D eigenvalue weighted by Gasteiger charge is 2.27. The van der Waals surface area contributed by atoms with Crippen molar-refractivity contribution < 1.29 is 0 Å². The molecule has 0 radical (unpaired) electrons. The van der Waals surface area contributed by atoms with E-state index in [1.54, 1.807) is 0 Å². The van der Waals surface area contributed by atoms with Crippen LogP contribution in [0.2, 0.25) is 0 Å². The first kappa shape index (κ1) is 68.5. The summed E-state index contributed by atoms with van der Waals surface area (Å²) in [6.45, 7) is 42.6. The molecular weight excluding hydrogens is 865 g/mol. The average Bonchev–Trinajstić information content (AvgIpc) is 3.15. The van der Waals surface area contributed by atoms with Crippen molar-refractivity contribution in [3.05, 3.63) is 72.9 Å². The second kappa shape index (κ2) is 36.5. The SMILES string of the molecule is CC(C)(C)C1/C=C/CCCCC1.CC(C)(C)C1/C=C/CCCCC1.CC(C)(C)C1C/C=C/CCCC1.CC(C)(C)C1C/C=C/CCCC1.CC(C)(C)C1CC/C=C/CCC1.CC(C)(C)C1CC/C=C/CCC1. The Bertz CT molecular complexity index is 1360. The smallest absolute Gasteiger partial charge is 0.0185 e. The lowest BCUT2D eigenvalue weighted by Gasteiger charge is -2.31. The third-order valence-corrected chi connectivity index (χ3v) is 17.7. The molecule has 6 atom stereocenters. The summed E-state index contributed by atoms with van der Waals surface area (Å²) in [6.07, 6.45) is 69.7. The predicted molar refractivity (Wildman–Crippen MR) is 331 cm³/mol. The molecule has 0 aromatic rings. The van der Waals surface area contributed by atoms with E-state index in [4.69, 9.17) is 0 Å². The van der Waals surface area contributed by atoms with Gasteiger partial charge in [-0.15, -0.1) is 0 Å². The Morgan fingerprint density at radius 3 is 0.806 bits per heavy atom. The molecule has 0 saturated carbocycles. The number of hydrogen-bond acceptors (Lipinski definition) is 0. The first-order chi connectivity index (χ1) is 33.6. The quantitative estimate of drug-likeness (QED) is 0.212. The minimum Gasteiger partial charge on any atom is -0.0885 e. The summed E-state index contributed by atoms with van der Waals surface area (Å²) >= 11 is 0. The Labute approximate surface area is 456 Å². The second-order valence-electron chi connectivity index (χ2n) is 30.3. The lowest BCUT2D eigenvalue weighted by molar-refractivity contribution is 0.208. The monoisotopic (exact) mass is 997 g/mol. The van der Waals surface area contributed by atoms with E-state index in [9.17, 15) is 0 Å². The number of allylic oxidation sites excluding steroid dienone is 12. The van der Waals surface area contributed by atoms with Crippen LogP contribution in [0.1, 0.15) is 317 Å². The Morgan fingerprint density at radius 2 is 0.472 bits per heavy atom. The van der Waals surface area contributed by atoms with Gasteiger partial charge in [-0.1, -0.05) is 236 Å². The predicted octanol–water partition coefficient (Wildman–Crippen LogP) is 25.0. The Kier molecular flexibility index (Phi) is 34.7. The van der Waals surface area contributed by atoms with Gasteiger partial charge in [-0.05, 0) is 222 Å². The lowest BCUT2D eigenvalue weighted by atomic mass is 9.75. The van der Waals surface area contributed by atoms with Crippen molar-refractivity contribution in [2.75, 3.05) is 0 Å². The van der Waals surface area contributed by atoms with Gasteiger partial charge in [0.05, 0.1) is 0 Å². The lowest BCUT2D eigenvalue weighted by Crippen LogP contribution is -2.20. The zero-order valence-electron chi connectivity index (χ0n) is 52.6. The van der Waals surface area contributed by atoms with Gasteiger partial charge >= 0.3 is 0 Å². The minimum absolute atomic E-state index is 0.466. The molecule has 0 heterocycles. The van der Waals surface area contributed by atoms with E-state index in [1.807, 2.05) is 0 Å². The molecular formula is C72H132. The van der Waals surface area contributed by atoms with E-state index in [-0.39, 0.29) is 0 Å². The molecule has 0 saturated heterocycles. The van der Waals surface area contributed by atoms with Gasteiger partial charge < -0.3 is 0 Å². The van der Waals surface area contributed by atoms with Crippen molar-refractivity contribution in [3.8, 4) is 0 Å². The van der Waals surface area contributed by atoms with Crippen molar-refractivity contribution in [1.29, 1.82) is 0 Å². The van der Waals surface area contributed by atoms with Gasteiger partial charge in [0.2, 0.25) is 0 Å². The van der Waals surface area contributed by atoms with Crippen molar-refractivity contribution in [1.82, 2.24) is 0 Å². The molecule has 0 aromatic carbocycles. The summed E-state index contributed by atoms with van der Waals surface area (Å²) in [7, 11) is 0. The molecule has 0 N–H and O–H groups in total. The standard InChI is InChI=1S/6C12H22/c6*1-12(2,3)11-9-7-5-4-6-8-10-11/h2*7,9,11H,4-6,8,10H2,1-3H3;2*5,7,11H,4,6,8-10H2,1-3H3;2*4-5,11H,6-10H2,1-3H3/b2*9-7+;2*7-5+;2*5-4+. The largest absolute Gasteiger partial charge is 0.0885 e. The molecule has 420 valence electrons. The van der Waals surface area contributed by atoms with Gasteiger partial charge in [0.1, 0.15) is 0 Å². The summed E-state index contributed by atoms with van der Waals surface area (Å²) in [5.74, 6) is 5.27. The maximum absolute atomic E-state index is 2.44. The summed E-state index contributed by atoms with van der Waals surface area (Å²) < 4.78 is 0. The Morgan fingerprint density at radius 1 is 0.208 bits per heavy atom. The zero-order valence-corrected chi connectivity index (χ0v) is 52.6. The van der Waals surface area contributed by atoms with Gasteiger partial charge in [0.25, 0.3) is 0 Å². The highest BCUT2D eigenvalue weighted by molar-refractivity contribution is 4.97. The van der Waals surface area contributed by atoms with Crippen LogP contribution in [-0.2, 0) is 0 Å². The molecule has 0 aliphatic heterocycles. The fourth-order valence-corrected chi connectivity index (χ4v) is 11.7. The van der Waals surface area contributed by atoms with E-state index in [2.05, 4.69) is 198 Å². The van der Waals surface area contributed by atoms with Crippen LogP contribution in [0.5, 0.6) is 0 Å². The van der Waals surface area contributed by atoms with Gasteiger partial charge in [-0.3, -0.25) is 0 Å². The van der Waals surface area contributed by atoms with Crippen LogP contribution in [0.3, 0.4) is 0 Å². The maximum Gasteiger partial charge on any atom is -0.0185 e. The molecule has 0 aromatic heterocycles. The minimum atomic E-state index is 0.466. The molecule has 0 spiro atoms. The molecule has 0 fully saturated rings. The third kappa shape index (κ3) is 34.9. The fraction of sp³-hybridized carbons (Fsp3) is 0.833.